The molecular weight excluding hydrogens is 330 g/mol. The number of halogens is 1. The van der Waals surface area contributed by atoms with E-state index in [1.165, 1.54) is 4.31 Å². The first-order chi connectivity index (χ1) is 9.05. The van der Waals surface area contributed by atoms with Gasteiger partial charge in [0.05, 0.1) is 11.5 Å². The fourth-order valence-corrected chi connectivity index (χ4v) is 4.47. The first-order valence-electron chi connectivity index (χ1n) is 6.44. The SMILES string of the molecule is O=S(=O)(c1ccc(Br)cc1)N(CCO)C1CCCC1. The van der Waals surface area contributed by atoms with Gasteiger partial charge < -0.3 is 5.11 Å². The molecule has 6 heteroatoms. The highest BCUT2D eigenvalue weighted by Crippen LogP contribution is 2.28. The van der Waals surface area contributed by atoms with Gasteiger partial charge in [0.1, 0.15) is 0 Å². The molecule has 1 saturated carbocycles. The lowest BCUT2D eigenvalue weighted by atomic mass is 10.2. The van der Waals surface area contributed by atoms with Crippen molar-refractivity contribution in [2.75, 3.05) is 13.2 Å². The van der Waals surface area contributed by atoms with E-state index in [1.807, 2.05) is 0 Å². The summed E-state index contributed by atoms with van der Waals surface area (Å²) >= 11 is 3.30. The van der Waals surface area contributed by atoms with Crippen molar-refractivity contribution in [2.45, 2.75) is 36.6 Å². The van der Waals surface area contributed by atoms with E-state index in [2.05, 4.69) is 15.9 Å². The predicted molar refractivity (Wildman–Crippen MR) is 77.4 cm³/mol. The number of nitrogens with zero attached hydrogens (tertiary/aromatic N) is 1. The largest absolute Gasteiger partial charge is 0.395 e. The summed E-state index contributed by atoms with van der Waals surface area (Å²) in [6.45, 7) is 0.0231. The van der Waals surface area contributed by atoms with Crippen LogP contribution in [0.2, 0.25) is 0 Å². The predicted octanol–water partition coefficient (Wildman–Crippen LogP) is 2.37. The average molecular weight is 348 g/mol. The molecule has 0 aromatic heterocycles. The fraction of sp³-hybridized carbons (Fsp3) is 0.538. The van der Waals surface area contributed by atoms with Crippen molar-refractivity contribution in [1.29, 1.82) is 0 Å². The van der Waals surface area contributed by atoms with Crippen molar-refractivity contribution in [1.82, 2.24) is 4.31 Å². The van der Waals surface area contributed by atoms with Crippen LogP contribution in [0.4, 0.5) is 0 Å². The maximum Gasteiger partial charge on any atom is 0.243 e. The van der Waals surface area contributed by atoms with Crippen LogP contribution in [0.25, 0.3) is 0 Å². The number of sulfonamides is 1. The van der Waals surface area contributed by atoms with Gasteiger partial charge in [0.25, 0.3) is 0 Å². The summed E-state index contributed by atoms with van der Waals surface area (Å²) in [5.41, 5.74) is 0. The highest BCUT2D eigenvalue weighted by molar-refractivity contribution is 9.10. The zero-order chi connectivity index (χ0) is 13.9. The van der Waals surface area contributed by atoms with Gasteiger partial charge in [0, 0.05) is 17.1 Å². The molecule has 106 valence electrons. The molecule has 0 heterocycles. The molecule has 0 amide bonds. The maximum atomic E-state index is 12.6. The Kier molecular flexibility index (Phi) is 5.00. The van der Waals surface area contributed by atoms with E-state index in [9.17, 15) is 8.42 Å². The number of hydrogen-bond donors (Lipinski definition) is 1. The number of hydrogen-bond acceptors (Lipinski definition) is 3. The van der Waals surface area contributed by atoms with Crippen LogP contribution in [0.5, 0.6) is 0 Å². The van der Waals surface area contributed by atoms with Crippen LogP contribution >= 0.6 is 15.9 Å². The van der Waals surface area contributed by atoms with Crippen molar-refractivity contribution in [3.05, 3.63) is 28.7 Å². The Morgan fingerprint density at radius 1 is 1.21 bits per heavy atom. The number of rotatable bonds is 5. The van der Waals surface area contributed by atoms with Gasteiger partial charge in [0.2, 0.25) is 10.0 Å². The topological polar surface area (TPSA) is 57.6 Å². The monoisotopic (exact) mass is 347 g/mol. The highest BCUT2D eigenvalue weighted by atomic mass is 79.9. The smallest absolute Gasteiger partial charge is 0.243 e. The van der Waals surface area contributed by atoms with Gasteiger partial charge in [-0.3, -0.25) is 0 Å². The number of benzene rings is 1. The minimum absolute atomic E-state index is 0.0285. The third-order valence-electron chi connectivity index (χ3n) is 3.47. The van der Waals surface area contributed by atoms with Gasteiger partial charge in [-0.15, -0.1) is 0 Å². The minimum Gasteiger partial charge on any atom is -0.395 e. The van der Waals surface area contributed by atoms with Crippen molar-refractivity contribution in [2.24, 2.45) is 0 Å². The number of aliphatic hydroxyl groups is 1. The Hall–Kier alpha value is -0.430. The Morgan fingerprint density at radius 2 is 1.79 bits per heavy atom. The van der Waals surface area contributed by atoms with E-state index in [0.29, 0.717) is 0 Å². The van der Waals surface area contributed by atoms with Crippen LogP contribution in [-0.4, -0.2) is 37.0 Å². The Morgan fingerprint density at radius 3 is 2.32 bits per heavy atom. The molecule has 2 rings (SSSR count). The molecular formula is C13H18BrNO3S. The van der Waals surface area contributed by atoms with Gasteiger partial charge in [-0.25, -0.2) is 8.42 Å². The van der Waals surface area contributed by atoms with Crippen molar-refractivity contribution in [3.8, 4) is 0 Å². The molecule has 0 aliphatic heterocycles. The van der Waals surface area contributed by atoms with Crippen LogP contribution in [0.1, 0.15) is 25.7 Å². The molecule has 1 aliphatic carbocycles. The molecule has 1 N–H and O–H groups in total. The summed E-state index contributed by atoms with van der Waals surface area (Å²) < 4.78 is 27.5. The van der Waals surface area contributed by atoms with Gasteiger partial charge >= 0.3 is 0 Å². The Labute approximate surface area is 122 Å². The minimum atomic E-state index is -3.51. The third-order valence-corrected chi connectivity index (χ3v) is 5.97. The number of aliphatic hydroxyl groups excluding tert-OH is 1. The Bertz CT molecular complexity index is 509. The normalized spacial score (nSPS) is 17.2. The van der Waals surface area contributed by atoms with Gasteiger partial charge in [0.15, 0.2) is 0 Å². The zero-order valence-corrected chi connectivity index (χ0v) is 13.0. The Balaban J connectivity index is 2.30. The standard InChI is InChI=1S/C13H18BrNO3S/c14-11-5-7-13(8-6-11)19(17,18)15(9-10-16)12-3-1-2-4-12/h5-8,12,16H,1-4,9-10H2. The summed E-state index contributed by atoms with van der Waals surface area (Å²) in [4.78, 5) is 0.288. The molecule has 1 aromatic carbocycles. The molecule has 1 aliphatic rings. The lowest BCUT2D eigenvalue weighted by molar-refractivity contribution is 0.226. The molecule has 19 heavy (non-hydrogen) atoms. The quantitative estimate of drug-likeness (QED) is 0.889. The molecule has 0 atom stereocenters. The van der Waals surface area contributed by atoms with Gasteiger partial charge in [-0.1, -0.05) is 28.8 Å². The van der Waals surface area contributed by atoms with E-state index in [-0.39, 0.29) is 24.1 Å². The molecule has 0 bridgehead atoms. The summed E-state index contributed by atoms with van der Waals surface area (Å²) in [6, 6.07) is 6.66. The van der Waals surface area contributed by atoms with Gasteiger partial charge in [-0.05, 0) is 37.1 Å². The van der Waals surface area contributed by atoms with Crippen LogP contribution in [0.3, 0.4) is 0 Å². The van der Waals surface area contributed by atoms with E-state index in [1.54, 1.807) is 24.3 Å². The second-order valence-corrected chi connectivity index (χ2v) is 7.54. The van der Waals surface area contributed by atoms with Crippen molar-refractivity contribution < 1.29 is 13.5 Å². The summed E-state index contributed by atoms with van der Waals surface area (Å²) in [5.74, 6) is 0. The second-order valence-electron chi connectivity index (χ2n) is 4.73. The van der Waals surface area contributed by atoms with E-state index in [4.69, 9.17) is 5.11 Å². The van der Waals surface area contributed by atoms with Crippen molar-refractivity contribution in [3.63, 3.8) is 0 Å². The summed E-state index contributed by atoms with van der Waals surface area (Å²) in [5, 5.41) is 9.14. The first kappa shape index (κ1) is 15.0. The molecule has 1 fully saturated rings. The lowest BCUT2D eigenvalue weighted by Gasteiger charge is -2.27. The van der Waals surface area contributed by atoms with Crippen LogP contribution < -0.4 is 0 Å². The molecule has 0 spiro atoms. The van der Waals surface area contributed by atoms with E-state index < -0.39 is 10.0 Å². The zero-order valence-electron chi connectivity index (χ0n) is 10.6. The maximum absolute atomic E-state index is 12.6. The average Bonchev–Trinajstić information content (AvgIpc) is 2.89. The van der Waals surface area contributed by atoms with Crippen LogP contribution in [-0.2, 0) is 10.0 Å². The van der Waals surface area contributed by atoms with E-state index in [0.717, 1.165) is 30.2 Å². The summed E-state index contributed by atoms with van der Waals surface area (Å²) in [7, 11) is -3.51. The molecule has 1 aromatic rings. The van der Waals surface area contributed by atoms with E-state index >= 15 is 0 Å². The van der Waals surface area contributed by atoms with Gasteiger partial charge in [-0.2, -0.15) is 4.31 Å². The highest BCUT2D eigenvalue weighted by Gasteiger charge is 2.32. The van der Waals surface area contributed by atoms with Crippen molar-refractivity contribution >= 4 is 26.0 Å². The second kappa shape index (κ2) is 6.35. The fourth-order valence-electron chi connectivity index (χ4n) is 2.53. The van der Waals surface area contributed by atoms with Crippen LogP contribution in [0, 0.1) is 0 Å². The molecule has 0 radical (unpaired) electrons. The third kappa shape index (κ3) is 3.37. The summed E-state index contributed by atoms with van der Waals surface area (Å²) in [6.07, 6.45) is 3.89. The molecule has 0 saturated heterocycles. The molecule has 4 nitrogen and oxygen atoms in total. The first-order valence-corrected chi connectivity index (χ1v) is 8.67. The van der Waals surface area contributed by atoms with Crippen LogP contribution in [0.15, 0.2) is 33.6 Å². The lowest BCUT2D eigenvalue weighted by Crippen LogP contribution is -2.40. The molecule has 0 unspecified atom stereocenters.